The number of hydrogen-bond acceptors (Lipinski definition) is 5. The van der Waals surface area contributed by atoms with E-state index in [0.29, 0.717) is 18.1 Å². The Kier molecular flexibility index (Phi) is 5.73. The van der Waals surface area contributed by atoms with Crippen LogP contribution in [-0.2, 0) is 0 Å². The number of aliphatic hydroxyl groups is 1. The molecule has 0 spiro atoms. The molecule has 0 radical (unpaired) electrons. The van der Waals surface area contributed by atoms with E-state index in [1.54, 1.807) is 18.3 Å². The Bertz CT molecular complexity index is 1040. The molecule has 8 nitrogen and oxygen atoms in total. The van der Waals surface area contributed by atoms with E-state index in [2.05, 4.69) is 15.2 Å². The van der Waals surface area contributed by atoms with E-state index in [1.807, 2.05) is 41.1 Å². The maximum atomic E-state index is 11.0. The number of aromatic nitrogens is 2. The Hall–Kier alpha value is -3.30. The molecule has 0 saturated carbocycles. The van der Waals surface area contributed by atoms with Gasteiger partial charge in [-0.3, -0.25) is 15.1 Å². The first kappa shape index (κ1) is 20.0. The van der Waals surface area contributed by atoms with Gasteiger partial charge in [-0.15, -0.1) is 0 Å². The molecular weight excluding hydrogens is 402 g/mol. The van der Waals surface area contributed by atoms with Gasteiger partial charge in [0, 0.05) is 49.1 Å². The SMILES string of the molecule is O=[N+]([O-])c1ccc(-n2cccc2[C@@H]2[C@@H](c3ccccn3)NC(=S)N2CCCO)cc1. The molecule has 154 valence electrons. The number of nitrogens with zero attached hydrogens (tertiary/aromatic N) is 4. The fraction of sp³-hybridized carbons (Fsp3) is 0.238. The third kappa shape index (κ3) is 3.77. The zero-order chi connectivity index (χ0) is 21.1. The van der Waals surface area contributed by atoms with Gasteiger partial charge in [0.2, 0.25) is 0 Å². The number of benzene rings is 1. The van der Waals surface area contributed by atoms with Gasteiger partial charge in [0.1, 0.15) is 0 Å². The summed E-state index contributed by atoms with van der Waals surface area (Å²) in [6.07, 6.45) is 4.27. The van der Waals surface area contributed by atoms with Crippen LogP contribution >= 0.6 is 12.2 Å². The van der Waals surface area contributed by atoms with Crippen molar-refractivity contribution >= 4 is 23.0 Å². The second-order valence-corrected chi connectivity index (χ2v) is 7.36. The molecule has 9 heteroatoms. The van der Waals surface area contributed by atoms with E-state index >= 15 is 0 Å². The standard InChI is InChI=1S/C21H21N5O3S/c27-14-4-13-25-20(19(23-21(25)30)17-5-1-2-11-22-17)18-6-3-12-24(18)15-7-9-16(10-8-15)26(28)29/h1-3,5-12,19-20,27H,4,13-14H2,(H,23,30)/t19-,20-/m1/s1. The van der Waals surface area contributed by atoms with Crippen LogP contribution in [0.3, 0.4) is 0 Å². The van der Waals surface area contributed by atoms with Crippen LogP contribution in [0, 0.1) is 10.1 Å². The number of non-ortho nitro benzene ring substituents is 1. The highest BCUT2D eigenvalue weighted by atomic mass is 32.1. The van der Waals surface area contributed by atoms with Gasteiger partial charge in [0.15, 0.2) is 5.11 Å². The number of nitrogens with one attached hydrogen (secondary N) is 1. The summed E-state index contributed by atoms with van der Waals surface area (Å²) in [5, 5.41) is 24.3. The Morgan fingerprint density at radius 3 is 2.63 bits per heavy atom. The molecule has 30 heavy (non-hydrogen) atoms. The summed E-state index contributed by atoms with van der Waals surface area (Å²) in [5.41, 5.74) is 2.71. The van der Waals surface area contributed by atoms with Gasteiger partial charge in [-0.05, 0) is 55.0 Å². The summed E-state index contributed by atoms with van der Waals surface area (Å²) >= 11 is 5.61. The lowest BCUT2D eigenvalue weighted by Crippen LogP contribution is -2.31. The largest absolute Gasteiger partial charge is 0.396 e. The zero-order valence-electron chi connectivity index (χ0n) is 16.1. The van der Waals surface area contributed by atoms with E-state index < -0.39 is 4.92 Å². The van der Waals surface area contributed by atoms with Gasteiger partial charge < -0.3 is 19.9 Å². The molecule has 1 aromatic carbocycles. The first-order valence-electron chi connectivity index (χ1n) is 9.61. The third-order valence-corrected chi connectivity index (χ3v) is 5.53. The summed E-state index contributed by atoms with van der Waals surface area (Å²) in [4.78, 5) is 17.2. The van der Waals surface area contributed by atoms with Crippen molar-refractivity contribution in [2.75, 3.05) is 13.2 Å². The average molecular weight is 423 g/mol. The highest BCUT2D eigenvalue weighted by molar-refractivity contribution is 7.80. The van der Waals surface area contributed by atoms with Crippen molar-refractivity contribution in [1.29, 1.82) is 0 Å². The Balaban J connectivity index is 1.76. The minimum atomic E-state index is -0.409. The normalized spacial score (nSPS) is 18.4. The molecule has 0 unspecified atom stereocenters. The average Bonchev–Trinajstić information content (AvgIpc) is 3.37. The van der Waals surface area contributed by atoms with Crippen LogP contribution in [0.4, 0.5) is 5.69 Å². The number of rotatable bonds is 7. The molecule has 0 aliphatic carbocycles. The fourth-order valence-corrected chi connectivity index (χ4v) is 4.15. The van der Waals surface area contributed by atoms with Crippen molar-refractivity contribution in [3.05, 3.63) is 88.5 Å². The molecule has 0 bridgehead atoms. The van der Waals surface area contributed by atoms with Crippen LogP contribution in [0.2, 0.25) is 0 Å². The van der Waals surface area contributed by atoms with Crippen LogP contribution < -0.4 is 5.32 Å². The molecule has 1 fully saturated rings. The van der Waals surface area contributed by atoms with Crippen molar-refractivity contribution < 1.29 is 10.0 Å². The molecular formula is C21H21N5O3S. The molecule has 1 aliphatic rings. The molecule has 1 aliphatic heterocycles. The maximum Gasteiger partial charge on any atom is 0.269 e. The van der Waals surface area contributed by atoms with Crippen molar-refractivity contribution in [2.24, 2.45) is 0 Å². The van der Waals surface area contributed by atoms with Crippen LogP contribution in [0.15, 0.2) is 67.0 Å². The van der Waals surface area contributed by atoms with Crippen LogP contribution in [-0.4, -0.2) is 42.7 Å². The minimum absolute atomic E-state index is 0.0482. The Morgan fingerprint density at radius 1 is 1.17 bits per heavy atom. The second kappa shape index (κ2) is 8.60. The van der Waals surface area contributed by atoms with E-state index in [9.17, 15) is 15.2 Å². The van der Waals surface area contributed by atoms with Crippen molar-refractivity contribution in [1.82, 2.24) is 19.8 Å². The van der Waals surface area contributed by atoms with E-state index in [1.165, 1.54) is 12.1 Å². The first-order valence-corrected chi connectivity index (χ1v) is 10.0. The molecule has 4 rings (SSSR count). The summed E-state index contributed by atoms with van der Waals surface area (Å²) in [5.74, 6) is 0. The van der Waals surface area contributed by atoms with Gasteiger partial charge in [-0.2, -0.15) is 0 Å². The first-order chi connectivity index (χ1) is 14.6. The number of nitro groups is 1. The molecule has 3 heterocycles. The van der Waals surface area contributed by atoms with E-state index in [-0.39, 0.29) is 24.4 Å². The van der Waals surface area contributed by atoms with Crippen molar-refractivity contribution in [3.63, 3.8) is 0 Å². The predicted octanol–water partition coefficient (Wildman–Crippen LogP) is 3.14. The number of nitro benzene ring substituents is 1. The minimum Gasteiger partial charge on any atom is -0.396 e. The van der Waals surface area contributed by atoms with Gasteiger partial charge in [-0.1, -0.05) is 6.07 Å². The summed E-state index contributed by atoms with van der Waals surface area (Å²) in [7, 11) is 0. The van der Waals surface area contributed by atoms with Crippen LogP contribution in [0.1, 0.15) is 29.9 Å². The molecule has 1 saturated heterocycles. The highest BCUT2D eigenvalue weighted by Crippen LogP contribution is 2.39. The Labute approximate surface area is 178 Å². The number of pyridine rings is 1. The number of hydrogen-bond donors (Lipinski definition) is 2. The third-order valence-electron chi connectivity index (χ3n) is 5.18. The van der Waals surface area contributed by atoms with Crippen LogP contribution in [0.25, 0.3) is 5.69 Å². The fourth-order valence-electron chi connectivity index (χ4n) is 3.81. The lowest BCUT2D eigenvalue weighted by Gasteiger charge is -2.28. The number of aliphatic hydroxyl groups excluding tert-OH is 1. The monoisotopic (exact) mass is 423 g/mol. The quantitative estimate of drug-likeness (QED) is 0.342. The van der Waals surface area contributed by atoms with Crippen LogP contribution in [0.5, 0.6) is 0 Å². The maximum absolute atomic E-state index is 11.0. The number of thiocarbonyl (C=S) groups is 1. The molecule has 3 aromatic rings. The molecule has 2 N–H and O–H groups in total. The van der Waals surface area contributed by atoms with Crippen molar-refractivity contribution in [3.8, 4) is 5.69 Å². The summed E-state index contributed by atoms with van der Waals surface area (Å²) < 4.78 is 2.01. The van der Waals surface area contributed by atoms with Gasteiger partial charge in [0.05, 0.1) is 22.7 Å². The van der Waals surface area contributed by atoms with E-state index in [0.717, 1.165) is 17.1 Å². The topological polar surface area (TPSA) is 96.5 Å². The smallest absolute Gasteiger partial charge is 0.269 e. The van der Waals surface area contributed by atoms with Gasteiger partial charge >= 0.3 is 0 Å². The Morgan fingerprint density at radius 2 is 1.97 bits per heavy atom. The zero-order valence-corrected chi connectivity index (χ0v) is 16.9. The summed E-state index contributed by atoms with van der Waals surface area (Å²) in [6, 6.07) is 15.9. The lowest BCUT2D eigenvalue weighted by molar-refractivity contribution is -0.384. The second-order valence-electron chi connectivity index (χ2n) is 6.97. The molecule has 0 amide bonds. The molecule has 2 atom stereocenters. The molecule has 2 aromatic heterocycles. The lowest BCUT2D eigenvalue weighted by atomic mass is 10.0. The summed E-state index contributed by atoms with van der Waals surface area (Å²) in [6.45, 7) is 0.672. The highest BCUT2D eigenvalue weighted by Gasteiger charge is 2.40. The van der Waals surface area contributed by atoms with E-state index in [4.69, 9.17) is 12.2 Å². The van der Waals surface area contributed by atoms with Gasteiger partial charge in [0.25, 0.3) is 5.69 Å². The predicted molar refractivity (Wildman–Crippen MR) is 116 cm³/mol. The van der Waals surface area contributed by atoms with Crippen molar-refractivity contribution in [2.45, 2.75) is 18.5 Å². The van der Waals surface area contributed by atoms with Gasteiger partial charge in [-0.25, -0.2) is 0 Å².